The molecule has 2 saturated carbocycles. The molecule has 4 heteroatoms. The number of fused-ring (bicyclic) bond motifs is 1. The highest BCUT2D eigenvalue weighted by Gasteiger charge is 2.66. The molecule has 2 aliphatic carbocycles. The standard InChI is InChI=1S/C18H23NO3/c1-12(19-22-10-13-6-4-3-5-7-13)16-17(20-2)15-8-14(15)9-18(16)11-21-18/h3-7,14-17H,8-11H2,1-2H3. The van der Waals surface area contributed by atoms with Gasteiger partial charge in [-0.2, -0.15) is 0 Å². The fourth-order valence-corrected chi connectivity index (χ4v) is 4.18. The number of rotatable bonds is 5. The second kappa shape index (κ2) is 5.36. The fourth-order valence-electron chi connectivity index (χ4n) is 4.18. The van der Waals surface area contributed by atoms with E-state index < -0.39 is 0 Å². The Morgan fingerprint density at radius 2 is 2.14 bits per heavy atom. The zero-order chi connectivity index (χ0) is 15.2. The van der Waals surface area contributed by atoms with E-state index in [4.69, 9.17) is 14.3 Å². The minimum absolute atomic E-state index is 0.0258. The molecule has 0 radical (unpaired) electrons. The van der Waals surface area contributed by atoms with Crippen LogP contribution in [0, 0.1) is 17.8 Å². The van der Waals surface area contributed by atoms with Gasteiger partial charge < -0.3 is 14.3 Å². The molecule has 1 aromatic rings. The van der Waals surface area contributed by atoms with Crippen molar-refractivity contribution in [1.82, 2.24) is 0 Å². The summed E-state index contributed by atoms with van der Waals surface area (Å²) in [5.74, 6) is 1.71. The van der Waals surface area contributed by atoms with Crippen molar-refractivity contribution in [1.29, 1.82) is 0 Å². The smallest absolute Gasteiger partial charge is 0.142 e. The van der Waals surface area contributed by atoms with Gasteiger partial charge in [-0.1, -0.05) is 35.5 Å². The molecule has 1 heterocycles. The monoisotopic (exact) mass is 301 g/mol. The minimum Gasteiger partial charge on any atom is -0.391 e. The van der Waals surface area contributed by atoms with Crippen molar-refractivity contribution in [3.63, 3.8) is 0 Å². The van der Waals surface area contributed by atoms with Crippen molar-refractivity contribution in [3.05, 3.63) is 35.9 Å². The summed E-state index contributed by atoms with van der Waals surface area (Å²) >= 11 is 0. The molecule has 3 aliphatic rings. The summed E-state index contributed by atoms with van der Waals surface area (Å²) in [7, 11) is 1.81. The Hall–Kier alpha value is -1.39. The summed E-state index contributed by atoms with van der Waals surface area (Å²) in [6.07, 6.45) is 2.66. The Morgan fingerprint density at radius 1 is 1.36 bits per heavy atom. The molecule has 0 N–H and O–H groups in total. The highest BCUT2D eigenvalue weighted by molar-refractivity contribution is 5.86. The zero-order valence-electron chi connectivity index (χ0n) is 13.2. The molecular formula is C18H23NO3. The van der Waals surface area contributed by atoms with Crippen molar-refractivity contribution >= 4 is 5.71 Å². The maximum Gasteiger partial charge on any atom is 0.142 e. The first-order valence-corrected chi connectivity index (χ1v) is 8.11. The second-order valence-corrected chi connectivity index (χ2v) is 6.89. The Kier molecular flexibility index (Phi) is 3.46. The van der Waals surface area contributed by atoms with Gasteiger partial charge in [-0.3, -0.25) is 0 Å². The Morgan fingerprint density at radius 3 is 2.82 bits per heavy atom. The van der Waals surface area contributed by atoms with E-state index in [1.54, 1.807) is 0 Å². The van der Waals surface area contributed by atoms with Gasteiger partial charge in [0.15, 0.2) is 0 Å². The van der Waals surface area contributed by atoms with Gasteiger partial charge in [-0.15, -0.1) is 0 Å². The molecule has 4 rings (SSSR count). The lowest BCUT2D eigenvalue weighted by molar-refractivity contribution is -0.000862. The first-order chi connectivity index (χ1) is 10.7. The lowest BCUT2D eigenvalue weighted by Crippen LogP contribution is -2.45. The third-order valence-electron chi connectivity index (χ3n) is 5.42. The second-order valence-electron chi connectivity index (χ2n) is 6.89. The molecule has 0 amide bonds. The van der Waals surface area contributed by atoms with Gasteiger partial charge in [0.2, 0.25) is 0 Å². The molecule has 118 valence electrons. The summed E-state index contributed by atoms with van der Waals surface area (Å²) in [6.45, 7) is 3.39. The SMILES string of the molecule is COC1C2CC2CC2(CO2)C1C(C)=NOCc1ccccc1. The average Bonchev–Trinajstić information content (AvgIpc) is 3.45. The van der Waals surface area contributed by atoms with E-state index in [9.17, 15) is 0 Å². The Labute approximate surface area is 131 Å². The molecule has 5 atom stereocenters. The maximum absolute atomic E-state index is 5.85. The van der Waals surface area contributed by atoms with Crippen LogP contribution in [0.1, 0.15) is 25.3 Å². The number of oxime groups is 1. The number of ether oxygens (including phenoxy) is 2. The molecule has 1 aromatic carbocycles. The number of nitrogens with zero attached hydrogens (tertiary/aromatic N) is 1. The van der Waals surface area contributed by atoms with E-state index >= 15 is 0 Å². The normalized spacial score (nSPS) is 39.5. The highest BCUT2D eigenvalue weighted by Crippen LogP contribution is 2.61. The third-order valence-corrected chi connectivity index (χ3v) is 5.42. The van der Waals surface area contributed by atoms with Crippen LogP contribution in [0.3, 0.4) is 0 Å². The average molecular weight is 301 g/mol. The van der Waals surface area contributed by atoms with Crippen LogP contribution in [-0.4, -0.2) is 31.1 Å². The van der Waals surface area contributed by atoms with Crippen LogP contribution in [0.25, 0.3) is 0 Å². The van der Waals surface area contributed by atoms with Crippen LogP contribution in [-0.2, 0) is 20.9 Å². The molecule has 0 aromatic heterocycles. The number of epoxide rings is 1. The van der Waals surface area contributed by atoms with E-state index in [2.05, 4.69) is 5.16 Å². The molecule has 22 heavy (non-hydrogen) atoms. The largest absolute Gasteiger partial charge is 0.391 e. The van der Waals surface area contributed by atoms with Crippen molar-refractivity contribution < 1.29 is 14.3 Å². The van der Waals surface area contributed by atoms with Crippen molar-refractivity contribution in [2.75, 3.05) is 13.7 Å². The Balaban J connectivity index is 1.46. The molecule has 1 spiro atoms. The summed E-state index contributed by atoms with van der Waals surface area (Å²) in [5.41, 5.74) is 2.11. The van der Waals surface area contributed by atoms with Gasteiger partial charge in [0.05, 0.1) is 24.3 Å². The fraction of sp³-hybridized carbons (Fsp3) is 0.611. The topological polar surface area (TPSA) is 43.3 Å². The summed E-state index contributed by atoms with van der Waals surface area (Å²) in [5, 5.41) is 4.39. The van der Waals surface area contributed by atoms with Gasteiger partial charge in [0.25, 0.3) is 0 Å². The van der Waals surface area contributed by atoms with E-state index in [-0.39, 0.29) is 17.6 Å². The van der Waals surface area contributed by atoms with E-state index in [1.165, 1.54) is 6.42 Å². The number of methoxy groups -OCH3 is 1. The lowest BCUT2D eigenvalue weighted by Gasteiger charge is -2.35. The number of hydrogen-bond acceptors (Lipinski definition) is 4. The van der Waals surface area contributed by atoms with Gasteiger partial charge in [0.1, 0.15) is 12.2 Å². The van der Waals surface area contributed by atoms with Crippen molar-refractivity contribution in [2.24, 2.45) is 22.9 Å². The quantitative estimate of drug-likeness (QED) is 0.477. The lowest BCUT2D eigenvalue weighted by atomic mass is 9.75. The molecule has 4 nitrogen and oxygen atoms in total. The van der Waals surface area contributed by atoms with Gasteiger partial charge in [-0.05, 0) is 37.2 Å². The first kappa shape index (κ1) is 14.2. The molecule has 5 unspecified atom stereocenters. The molecule has 1 saturated heterocycles. The Bertz CT molecular complexity index is 567. The van der Waals surface area contributed by atoms with E-state index in [0.717, 1.165) is 30.2 Å². The summed E-state index contributed by atoms with van der Waals surface area (Å²) in [4.78, 5) is 5.57. The predicted molar refractivity (Wildman–Crippen MR) is 83.5 cm³/mol. The van der Waals surface area contributed by atoms with Crippen LogP contribution in [0.4, 0.5) is 0 Å². The maximum atomic E-state index is 5.85. The predicted octanol–water partition coefficient (Wildman–Crippen LogP) is 3.02. The van der Waals surface area contributed by atoms with E-state index in [1.807, 2.05) is 44.4 Å². The van der Waals surface area contributed by atoms with Crippen LogP contribution < -0.4 is 0 Å². The number of hydrogen-bond donors (Lipinski definition) is 0. The first-order valence-electron chi connectivity index (χ1n) is 8.11. The van der Waals surface area contributed by atoms with Gasteiger partial charge in [0, 0.05) is 7.11 Å². The molecule has 1 aliphatic heterocycles. The molecule has 3 fully saturated rings. The molecular weight excluding hydrogens is 278 g/mol. The summed E-state index contributed by atoms with van der Waals surface area (Å²) < 4.78 is 11.7. The minimum atomic E-state index is -0.0258. The zero-order valence-corrected chi connectivity index (χ0v) is 13.2. The summed E-state index contributed by atoms with van der Waals surface area (Å²) in [6, 6.07) is 10.1. The van der Waals surface area contributed by atoms with E-state index in [0.29, 0.717) is 12.5 Å². The van der Waals surface area contributed by atoms with Crippen LogP contribution in [0.2, 0.25) is 0 Å². The number of benzene rings is 1. The van der Waals surface area contributed by atoms with Gasteiger partial charge >= 0.3 is 0 Å². The molecule has 0 bridgehead atoms. The van der Waals surface area contributed by atoms with Crippen LogP contribution in [0.5, 0.6) is 0 Å². The highest BCUT2D eigenvalue weighted by atomic mass is 16.6. The van der Waals surface area contributed by atoms with Crippen molar-refractivity contribution in [2.45, 2.75) is 38.1 Å². The third kappa shape index (κ3) is 2.44. The van der Waals surface area contributed by atoms with Crippen LogP contribution >= 0.6 is 0 Å². The van der Waals surface area contributed by atoms with Crippen molar-refractivity contribution in [3.8, 4) is 0 Å². The van der Waals surface area contributed by atoms with Crippen LogP contribution in [0.15, 0.2) is 35.5 Å². The van der Waals surface area contributed by atoms with Gasteiger partial charge in [-0.25, -0.2) is 0 Å².